The summed E-state index contributed by atoms with van der Waals surface area (Å²) in [6.07, 6.45) is 4.17. The van der Waals surface area contributed by atoms with Crippen molar-refractivity contribution < 1.29 is 4.39 Å². The Kier molecular flexibility index (Phi) is 3.69. The minimum atomic E-state index is -0.104. The summed E-state index contributed by atoms with van der Waals surface area (Å²) in [5.41, 5.74) is 2.06. The number of H-pyrrole nitrogens is 1. The van der Waals surface area contributed by atoms with Crippen LogP contribution in [0.2, 0.25) is 0 Å². The van der Waals surface area contributed by atoms with Gasteiger partial charge in [-0.15, -0.1) is 12.4 Å². The van der Waals surface area contributed by atoms with Gasteiger partial charge >= 0.3 is 0 Å². The maximum absolute atomic E-state index is 13.8. The number of nitrogens with one attached hydrogen (secondary N) is 2. The van der Waals surface area contributed by atoms with Crippen molar-refractivity contribution in [1.29, 1.82) is 0 Å². The van der Waals surface area contributed by atoms with Crippen molar-refractivity contribution in [2.24, 2.45) is 0 Å². The lowest BCUT2D eigenvalue weighted by Crippen LogP contribution is -2.26. The average molecular weight is 255 g/mol. The van der Waals surface area contributed by atoms with Gasteiger partial charge in [0, 0.05) is 17.1 Å². The molecule has 2 aromatic rings. The molecule has 1 saturated heterocycles. The first-order valence-corrected chi connectivity index (χ1v) is 5.82. The number of piperidine rings is 1. The van der Waals surface area contributed by atoms with Gasteiger partial charge in [-0.25, -0.2) is 4.39 Å². The standard InChI is InChI=1S/C13H15FN2.ClH/c14-11-2-1-3-12-13(11)10(8-16-12)9-4-6-15-7-5-9;/h1-3,8-9,15-16H,4-7H2;1H. The molecule has 2 nitrogen and oxygen atoms in total. The quantitative estimate of drug-likeness (QED) is 0.804. The molecule has 1 aromatic heterocycles. The van der Waals surface area contributed by atoms with Crippen LogP contribution in [0.4, 0.5) is 4.39 Å². The van der Waals surface area contributed by atoms with E-state index >= 15 is 0 Å². The number of fused-ring (bicyclic) bond motifs is 1. The van der Waals surface area contributed by atoms with E-state index in [0.717, 1.165) is 42.4 Å². The van der Waals surface area contributed by atoms with Gasteiger partial charge in [0.25, 0.3) is 0 Å². The summed E-state index contributed by atoms with van der Waals surface area (Å²) < 4.78 is 13.8. The predicted molar refractivity (Wildman–Crippen MR) is 70.3 cm³/mol. The Balaban J connectivity index is 0.00000108. The van der Waals surface area contributed by atoms with Crippen LogP contribution in [0.3, 0.4) is 0 Å². The van der Waals surface area contributed by atoms with Crippen LogP contribution in [0.5, 0.6) is 0 Å². The highest BCUT2D eigenvalue weighted by Gasteiger charge is 2.19. The van der Waals surface area contributed by atoms with Crippen molar-refractivity contribution in [3.8, 4) is 0 Å². The second-order valence-corrected chi connectivity index (χ2v) is 4.43. The van der Waals surface area contributed by atoms with Gasteiger partial charge in [0.05, 0.1) is 0 Å². The summed E-state index contributed by atoms with van der Waals surface area (Å²) in [6.45, 7) is 2.07. The van der Waals surface area contributed by atoms with Gasteiger partial charge in [-0.3, -0.25) is 0 Å². The molecular weight excluding hydrogens is 239 g/mol. The molecule has 2 heterocycles. The van der Waals surface area contributed by atoms with Crippen molar-refractivity contribution >= 4 is 23.3 Å². The molecule has 4 heteroatoms. The van der Waals surface area contributed by atoms with Gasteiger partial charge in [0.15, 0.2) is 0 Å². The third kappa shape index (κ3) is 2.17. The van der Waals surface area contributed by atoms with E-state index in [4.69, 9.17) is 0 Å². The molecule has 2 N–H and O–H groups in total. The van der Waals surface area contributed by atoms with Gasteiger partial charge in [-0.2, -0.15) is 0 Å². The van der Waals surface area contributed by atoms with Crippen molar-refractivity contribution in [3.05, 3.63) is 35.8 Å². The molecule has 0 amide bonds. The molecule has 0 bridgehead atoms. The Morgan fingerprint density at radius 2 is 1.94 bits per heavy atom. The highest BCUT2D eigenvalue weighted by molar-refractivity contribution is 5.85. The summed E-state index contributed by atoms with van der Waals surface area (Å²) >= 11 is 0. The number of aromatic amines is 1. The number of halogens is 2. The third-order valence-electron chi connectivity index (χ3n) is 3.46. The van der Waals surface area contributed by atoms with Crippen molar-refractivity contribution in [2.75, 3.05) is 13.1 Å². The van der Waals surface area contributed by atoms with E-state index in [1.807, 2.05) is 12.3 Å². The Bertz CT molecular complexity index is 503. The maximum atomic E-state index is 13.8. The van der Waals surface area contributed by atoms with E-state index in [1.165, 1.54) is 0 Å². The normalized spacial score (nSPS) is 17.0. The molecule has 1 aliphatic heterocycles. The highest BCUT2D eigenvalue weighted by Crippen LogP contribution is 2.32. The van der Waals surface area contributed by atoms with Crippen LogP contribution in [-0.4, -0.2) is 18.1 Å². The Morgan fingerprint density at radius 3 is 2.71 bits per heavy atom. The number of rotatable bonds is 1. The van der Waals surface area contributed by atoms with Crippen LogP contribution in [0.15, 0.2) is 24.4 Å². The zero-order valence-corrected chi connectivity index (χ0v) is 10.3. The van der Waals surface area contributed by atoms with E-state index < -0.39 is 0 Å². The smallest absolute Gasteiger partial charge is 0.132 e. The lowest BCUT2D eigenvalue weighted by atomic mass is 9.90. The fourth-order valence-corrected chi connectivity index (χ4v) is 2.62. The molecule has 3 rings (SSSR count). The van der Waals surface area contributed by atoms with Crippen molar-refractivity contribution in [3.63, 3.8) is 0 Å². The Hall–Kier alpha value is -1.06. The van der Waals surface area contributed by atoms with Crippen LogP contribution in [0, 0.1) is 5.82 Å². The monoisotopic (exact) mass is 254 g/mol. The van der Waals surface area contributed by atoms with Crippen LogP contribution in [0.25, 0.3) is 10.9 Å². The molecule has 1 fully saturated rings. The van der Waals surface area contributed by atoms with Gasteiger partial charge in [-0.05, 0) is 49.5 Å². The van der Waals surface area contributed by atoms with Crippen LogP contribution < -0.4 is 5.32 Å². The molecule has 0 spiro atoms. The minimum absolute atomic E-state index is 0. The Morgan fingerprint density at radius 1 is 1.18 bits per heavy atom. The number of hydrogen-bond acceptors (Lipinski definition) is 1. The fraction of sp³-hybridized carbons (Fsp3) is 0.385. The SMILES string of the molecule is Cl.Fc1cccc2[nH]cc(C3CCNCC3)c12. The first-order valence-electron chi connectivity index (χ1n) is 5.82. The zero-order chi connectivity index (χ0) is 11.0. The van der Waals surface area contributed by atoms with Gasteiger partial charge in [0.2, 0.25) is 0 Å². The highest BCUT2D eigenvalue weighted by atomic mass is 35.5. The molecular formula is C13H16ClFN2. The van der Waals surface area contributed by atoms with Crippen molar-refractivity contribution in [2.45, 2.75) is 18.8 Å². The van der Waals surface area contributed by atoms with E-state index in [2.05, 4.69) is 10.3 Å². The van der Waals surface area contributed by atoms with E-state index in [-0.39, 0.29) is 18.2 Å². The molecule has 1 aromatic carbocycles. The predicted octanol–water partition coefficient (Wildman–Crippen LogP) is 3.20. The summed E-state index contributed by atoms with van der Waals surface area (Å²) in [5, 5.41) is 4.12. The molecule has 0 radical (unpaired) electrons. The number of hydrogen-bond donors (Lipinski definition) is 2. The largest absolute Gasteiger partial charge is 0.361 e. The fourth-order valence-electron chi connectivity index (χ4n) is 2.62. The van der Waals surface area contributed by atoms with Crippen LogP contribution >= 0.6 is 12.4 Å². The van der Waals surface area contributed by atoms with E-state index in [0.29, 0.717) is 5.92 Å². The van der Waals surface area contributed by atoms with Crippen LogP contribution in [-0.2, 0) is 0 Å². The molecule has 1 aliphatic rings. The maximum Gasteiger partial charge on any atom is 0.132 e. The number of aromatic nitrogens is 1. The zero-order valence-electron chi connectivity index (χ0n) is 9.50. The summed E-state index contributed by atoms with van der Waals surface area (Å²) in [4.78, 5) is 3.17. The second-order valence-electron chi connectivity index (χ2n) is 4.43. The van der Waals surface area contributed by atoms with Crippen molar-refractivity contribution in [1.82, 2.24) is 10.3 Å². The molecule has 0 aliphatic carbocycles. The third-order valence-corrected chi connectivity index (χ3v) is 3.46. The second kappa shape index (κ2) is 5.07. The molecule has 0 saturated carbocycles. The Labute approximate surface area is 106 Å². The lowest BCUT2D eigenvalue weighted by molar-refractivity contribution is 0.461. The van der Waals surface area contributed by atoms with E-state index in [1.54, 1.807) is 12.1 Å². The molecule has 0 atom stereocenters. The number of benzene rings is 1. The van der Waals surface area contributed by atoms with Gasteiger partial charge in [-0.1, -0.05) is 6.07 Å². The first-order chi connectivity index (χ1) is 7.86. The van der Waals surface area contributed by atoms with Gasteiger partial charge < -0.3 is 10.3 Å². The lowest BCUT2D eigenvalue weighted by Gasteiger charge is -2.22. The topological polar surface area (TPSA) is 27.8 Å². The minimum Gasteiger partial charge on any atom is -0.361 e. The summed E-state index contributed by atoms with van der Waals surface area (Å²) in [6, 6.07) is 5.23. The summed E-state index contributed by atoms with van der Waals surface area (Å²) in [5.74, 6) is 0.388. The summed E-state index contributed by atoms with van der Waals surface area (Å²) in [7, 11) is 0. The average Bonchev–Trinajstić information content (AvgIpc) is 2.75. The first kappa shape index (κ1) is 12.4. The molecule has 17 heavy (non-hydrogen) atoms. The molecule has 92 valence electrons. The molecule has 0 unspecified atom stereocenters. The van der Waals surface area contributed by atoms with Gasteiger partial charge in [0.1, 0.15) is 5.82 Å². The van der Waals surface area contributed by atoms with E-state index in [9.17, 15) is 4.39 Å². The van der Waals surface area contributed by atoms with Crippen LogP contribution in [0.1, 0.15) is 24.3 Å².